The fourth-order valence-electron chi connectivity index (χ4n) is 2.79. The highest BCUT2D eigenvalue weighted by Crippen LogP contribution is 2.28. The number of aryl methyl sites for hydroxylation is 1. The Labute approximate surface area is 165 Å². The van der Waals surface area contributed by atoms with Crippen LogP contribution in [0.25, 0.3) is 21.7 Å². The van der Waals surface area contributed by atoms with Gasteiger partial charge in [-0.3, -0.25) is 0 Å². The van der Waals surface area contributed by atoms with Crippen molar-refractivity contribution in [2.24, 2.45) is 0 Å². The van der Waals surface area contributed by atoms with Crippen molar-refractivity contribution < 1.29 is 4.74 Å². The fraction of sp³-hybridized carbons (Fsp3) is 0.304. The smallest absolute Gasteiger partial charge is 0.147 e. The Balaban J connectivity index is 1.61. The standard InChI is InChI=1S/C23H26N2OS/c1-3-5-6-7-17-26-21-15-13-19(14-16-21)18-9-11-20(12-10-18)23-25-24-22(27-23)8-4-2/h3,5,9-16H,4,6-8,17H2,1-2H3/b5-3+. The van der Waals surface area contributed by atoms with E-state index in [1.54, 1.807) is 11.3 Å². The summed E-state index contributed by atoms with van der Waals surface area (Å²) in [6, 6.07) is 16.8. The van der Waals surface area contributed by atoms with Crippen molar-refractivity contribution in [2.75, 3.05) is 6.61 Å². The molecule has 3 rings (SSSR count). The fourth-order valence-corrected chi connectivity index (χ4v) is 3.74. The first-order valence-electron chi connectivity index (χ1n) is 9.57. The van der Waals surface area contributed by atoms with Gasteiger partial charge in [0, 0.05) is 12.0 Å². The Kier molecular flexibility index (Phi) is 7.17. The molecule has 0 N–H and O–H groups in total. The van der Waals surface area contributed by atoms with Crippen molar-refractivity contribution >= 4 is 11.3 Å². The molecule has 0 saturated heterocycles. The maximum atomic E-state index is 5.79. The monoisotopic (exact) mass is 378 g/mol. The highest BCUT2D eigenvalue weighted by atomic mass is 32.1. The Hall–Kier alpha value is -2.46. The minimum absolute atomic E-state index is 0.750. The van der Waals surface area contributed by atoms with E-state index in [0.717, 1.165) is 53.6 Å². The van der Waals surface area contributed by atoms with Crippen LogP contribution in [0.4, 0.5) is 0 Å². The van der Waals surface area contributed by atoms with Crippen molar-refractivity contribution in [3.63, 3.8) is 0 Å². The van der Waals surface area contributed by atoms with Gasteiger partial charge in [0.15, 0.2) is 0 Å². The number of hydrogen-bond acceptors (Lipinski definition) is 4. The van der Waals surface area contributed by atoms with Crippen molar-refractivity contribution in [3.8, 4) is 27.4 Å². The van der Waals surface area contributed by atoms with Gasteiger partial charge >= 0.3 is 0 Å². The Bertz CT molecular complexity index is 851. The first-order valence-corrected chi connectivity index (χ1v) is 10.4. The van der Waals surface area contributed by atoms with E-state index in [4.69, 9.17) is 4.74 Å². The van der Waals surface area contributed by atoms with Gasteiger partial charge in [0.05, 0.1) is 6.61 Å². The quantitative estimate of drug-likeness (QED) is 0.312. The largest absolute Gasteiger partial charge is 0.494 e. The molecular weight excluding hydrogens is 352 g/mol. The van der Waals surface area contributed by atoms with Gasteiger partial charge in [-0.25, -0.2) is 0 Å². The van der Waals surface area contributed by atoms with E-state index in [9.17, 15) is 0 Å². The third-order valence-corrected chi connectivity index (χ3v) is 5.30. The summed E-state index contributed by atoms with van der Waals surface area (Å²) < 4.78 is 5.79. The minimum atomic E-state index is 0.750. The average Bonchev–Trinajstić information content (AvgIpc) is 3.17. The zero-order chi connectivity index (χ0) is 18.9. The second-order valence-electron chi connectivity index (χ2n) is 6.41. The highest BCUT2D eigenvalue weighted by molar-refractivity contribution is 7.14. The molecule has 3 nitrogen and oxygen atoms in total. The molecule has 4 heteroatoms. The van der Waals surface area contributed by atoms with Gasteiger partial charge in [-0.05, 0) is 49.4 Å². The van der Waals surface area contributed by atoms with Crippen molar-refractivity contribution in [2.45, 2.75) is 39.5 Å². The first kappa shape index (κ1) is 19.3. The highest BCUT2D eigenvalue weighted by Gasteiger charge is 2.07. The second kappa shape index (κ2) is 10.0. The zero-order valence-electron chi connectivity index (χ0n) is 16.0. The zero-order valence-corrected chi connectivity index (χ0v) is 16.8. The lowest BCUT2D eigenvalue weighted by atomic mass is 10.0. The number of hydrogen-bond donors (Lipinski definition) is 0. The van der Waals surface area contributed by atoms with Gasteiger partial charge in [-0.15, -0.1) is 10.2 Å². The molecule has 27 heavy (non-hydrogen) atoms. The molecule has 0 aliphatic rings. The number of rotatable bonds is 9. The molecule has 0 atom stereocenters. The SMILES string of the molecule is C/C=C/CCCOc1ccc(-c2ccc(-c3nnc(CCC)s3)cc2)cc1. The van der Waals surface area contributed by atoms with E-state index in [1.807, 2.05) is 19.1 Å². The summed E-state index contributed by atoms with van der Waals surface area (Å²) in [5, 5.41) is 10.7. The van der Waals surface area contributed by atoms with Crippen LogP contribution in [0.2, 0.25) is 0 Å². The number of ether oxygens (including phenoxy) is 1. The summed E-state index contributed by atoms with van der Waals surface area (Å²) >= 11 is 1.68. The van der Waals surface area contributed by atoms with Gasteiger partial charge in [-0.2, -0.15) is 0 Å². The molecule has 0 fully saturated rings. The molecule has 0 unspecified atom stereocenters. The van der Waals surface area contributed by atoms with E-state index in [2.05, 4.69) is 65.7 Å². The normalized spacial score (nSPS) is 11.2. The maximum Gasteiger partial charge on any atom is 0.147 e. The minimum Gasteiger partial charge on any atom is -0.494 e. The molecule has 2 aromatic carbocycles. The van der Waals surface area contributed by atoms with Crippen LogP contribution in [0.3, 0.4) is 0 Å². The van der Waals surface area contributed by atoms with Crippen LogP contribution in [0.15, 0.2) is 60.7 Å². The lowest BCUT2D eigenvalue weighted by molar-refractivity contribution is 0.312. The van der Waals surface area contributed by atoms with Crippen LogP contribution in [-0.2, 0) is 6.42 Å². The molecule has 0 saturated carbocycles. The van der Waals surface area contributed by atoms with Crippen LogP contribution in [0.1, 0.15) is 38.1 Å². The Morgan fingerprint density at radius 1 is 0.926 bits per heavy atom. The lowest BCUT2D eigenvalue weighted by Gasteiger charge is -2.07. The summed E-state index contributed by atoms with van der Waals surface area (Å²) in [7, 11) is 0. The summed E-state index contributed by atoms with van der Waals surface area (Å²) in [6.07, 6.45) is 8.45. The number of nitrogens with zero attached hydrogens (tertiary/aromatic N) is 2. The maximum absolute atomic E-state index is 5.79. The van der Waals surface area contributed by atoms with E-state index in [0.29, 0.717) is 0 Å². The van der Waals surface area contributed by atoms with Gasteiger partial charge < -0.3 is 4.74 Å². The summed E-state index contributed by atoms with van der Waals surface area (Å²) in [6.45, 7) is 4.96. The molecule has 0 spiro atoms. The van der Waals surface area contributed by atoms with E-state index >= 15 is 0 Å². The number of benzene rings is 2. The molecule has 1 heterocycles. The number of allylic oxidation sites excluding steroid dienone is 2. The van der Waals surface area contributed by atoms with Crippen molar-refractivity contribution in [1.82, 2.24) is 10.2 Å². The number of unbranched alkanes of at least 4 members (excludes halogenated alkanes) is 1. The lowest BCUT2D eigenvalue weighted by Crippen LogP contribution is -1.96. The Morgan fingerprint density at radius 2 is 1.59 bits per heavy atom. The molecule has 0 aliphatic heterocycles. The average molecular weight is 379 g/mol. The second-order valence-corrected chi connectivity index (χ2v) is 7.47. The summed E-state index contributed by atoms with van der Waals surface area (Å²) in [5.41, 5.74) is 3.50. The van der Waals surface area contributed by atoms with E-state index < -0.39 is 0 Å². The molecule has 140 valence electrons. The Morgan fingerprint density at radius 3 is 2.26 bits per heavy atom. The van der Waals surface area contributed by atoms with Crippen LogP contribution < -0.4 is 4.74 Å². The van der Waals surface area contributed by atoms with Crippen molar-refractivity contribution in [3.05, 3.63) is 65.7 Å². The molecule has 3 aromatic rings. The molecule has 0 amide bonds. The molecule has 0 bridgehead atoms. The molecule has 1 aromatic heterocycles. The van der Waals surface area contributed by atoms with Crippen LogP contribution in [0, 0.1) is 0 Å². The van der Waals surface area contributed by atoms with E-state index in [1.165, 1.54) is 11.1 Å². The van der Waals surface area contributed by atoms with Crippen LogP contribution in [0.5, 0.6) is 5.75 Å². The molecule has 0 radical (unpaired) electrons. The van der Waals surface area contributed by atoms with Gasteiger partial charge in [-0.1, -0.05) is 66.8 Å². The van der Waals surface area contributed by atoms with Crippen LogP contribution in [-0.4, -0.2) is 16.8 Å². The number of aromatic nitrogens is 2. The van der Waals surface area contributed by atoms with Crippen LogP contribution >= 0.6 is 11.3 Å². The van der Waals surface area contributed by atoms with Gasteiger partial charge in [0.1, 0.15) is 15.8 Å². The topological polar surface area (TPSA) is 35.0 Å². The summed E-state index contributed by atoms with van der Waals surface area (Å²) in [4.78, 5) is 0. The van der Waals surface area contributed by atoms with E-state index in [-0.39, 0.29) is 0 Å². The molecule has 0 aliphatic carbocycles. The predicted octanol–water partition coefficient (Wildman–Crippen LogP) is 6.56. The van der Waals surface area contributed by atoms with Gasteiger partial charge in [0.25, 0.3) is 0 Å². The van der Waals surface area contributed by atoms with Gasteiger partial charge in [0.2, 0.25) is 0 Å². The molecular formula is C23H26N2OS. The summed E-state index contributed by atoms with van der Waals surface area (Å²) in [5.74, 6) is 0.924. The third kappa shape index (κ3) is 5.51. The van der Waals surface area contributed by atoms with Crippen molar-refractivity contribution in [1.29, 1.82) is 0 Å². The third-order valence-electron chi connectivity index (χ3n) is 4.27. The predicted molar refractivity (Wildman–Crippen MR) is 114 cm³/mol. The first-order chi connectivity index (χ1) is 13.3.